The van der Waals surface area contributed by atoms with Crippen molar-refractivity contribution in [1.29, 1.82) is 0 Å². The van der Waals surface area contributed by atoms with Crippen LogP contribution in [0.5, 0.6) is 5.75 Å². The Morgan fingerprint density at radius 1 is 1.24 bits per heavy atom. The Balaban J connectivity index is 1.72. The molecule has 0 aromatic heterocycles. The average molecular weight is 812 g/mol. The van der Waals surface area contributed by atoms with Crippen LogP contribution in [0.25, 0.3) is 0 Å². The number of esters is 1. The van der Waals surface area contributed by atoms with Crippen LogP contribution in [0.4, 0.5) is 10.5 Å². The van der Waals surface area contributed by atoms with Gasteiger partial charge >= 0.3 is 12.1 Å². The molecule has 0 unspecified atom stereocenters. The summed E-state index contributed by atoms with van der Waals surface area (Å²) in [5, 5.41) is 14.8. The van der Waals surface area contributed by atoms with Crippen molar-refractivity contribution in [2.24, 2.45) is 5.92 Å². The molecule has 3 aliphatic heterocycles. The van der Waals surface area contributed by atoms with Gasteiger partial charge < -0.3 is 38.6 Å². The van der Waals surface area contributed by atoms with Gasteiger partial charge in [-0.25, -0.2) is 9.59 Å². The second-order valence-electron chi connectivity index (χ2n) is 14.5. The Morgan fingerprint density at radius 3 is 2.59 bits per heavy atom. The van der Waals surface area contributed by atoms with E-state index in [1.165, 1.54) is 24.0 Å². The zero-order valence-corrected chi connectivity index (χ0v) is 35.1. The van der Waals surface area contributed by atoms with E-state index in [1.807, 2.05) is 33.1 Å². The minimum absolute atomic E-state index is 0.0460. The smallest absolute Gasteiger partial charge is 0.409 e. The molecule has 3 aliphatic rings. The lowest BCUT2D eigenvalue weighted by atomic mass is 9.83. The van der Waals surface area contributed by atoms with Crippen molar-refractivity contribution >= 4 is 62.8 Å². The van der Waals surface area contributed by atoms with Crippen LogP contribution in [0.2, 0.25) is 5.02 Å². The Kier molecular flexibility index (Phi) is 14.9. The van der Waals surface area contributed by atoms with Gasteiger partial charge in [0.05, 0.1) is 25.3 Å². The van der Waals surface area contributed by atoms with Gasteiger partial charge in [0, 0.05) is 45.2 Å². The fourth-order valence-corrected chi connectivity index (χ4v) is 9.06. The molecule has 3 amide bonds. The van der Waals surface area contributed by atoms with Gasteiger partial charge in [-0.15, -0.1) is 0 Å². The van der Waals surface area contributed by atoms with Crippen molar-refractivity contribution in [3.05, 3.63) is 46.5 Å². The van der Waals surface area contributed by atoms with E-state index in [0.717, 1.165) is 11.1 Å². The standard InChI is InChI=1S/C38H54ClN3O10S2/c1-21-12-11-13-29(49-9)38(47)20-28(50-36(46)40-38)23(3)34-37(5,52-34)30(51-35(45)24(4)41(6)31(43)15-14-22(2)54-53-10)19-32(44)42(7)26-17-25(16-21)18-27(48-8)33(26)39/h11-13,17-18,22-24,28-30,34,47H,14-16,19-20H2,1-10H3,(H,40,46)/b13-11+,21-12+/t22-,23+,24-,28-,29+,30-,34-,37-,38-/m0/s1. The molecule has 54 heavy (non-hydrogen) atoms. The van der Waals surface area contributed by atoms with Crippen molar-refractivity contribution < 1.29 is 48.0 Å². The molecular formula is C38H54ClN3O10S2. The number of rotatable bonds is 10. The number of methoxy groups -OCH3 is 2. The number of benzene rings is 1. The number of hydrogen-bond donors (Lipinski definition) is 2. The summed E-state index contributed by atoms with van der Waals surface area (Å²) in [6.07, 6.45) is 3.89. The van der Waals surface area contributed by atoms with Crippen LogP contribution in [0.15, 0.2) is 35.9 Å². The van der Waals surface area contributed by atoms with Gasteiger partial charge in [0.25, 0.3) is 0 Å². The average Bonchev–Trinajstić information content (AvgIpc) is 3.82. The number of amides is 3. The summed E-state index contributed by atoms with van der Waals surface area (Å²) in [5.41, 5.74) is -0.890. The number of carbonyl (C=O) groups is 4. The number of nitrogens with one attached hydrogen (secondary N) is 1. The number of fused-ring (bicyclic) bond motifs is 5. The molecule has 2 fully saturated rings. The molecule has 0 spiro atoms. The molecule has 13 nitrogen and oxygen atoms in total. The molecule has 3 heterocycles. The quantitative estimate of drug-likeness (QED) is 0.169. The Morgan fingerprint density at radius 2 is 1.94 bits per heavy atom. The first-order chi connectivity index (χ1) is 25.4. The third-order valence-corrected chi connectivity index (χ3v) is 13.2. The van der Waals surface area contributed by atoms with Crippen LogP contribution in [-0.2, 0) is 39.8 Å². The Bertz CT molecular complexity index is 1630. The van der Waals surface area contributed by atoms with Gasteiger partial charge in [-0.05, 0) is 57.6 Å². The normalized spacial score (nSPS) is 31.4. The van der Waals surface area contributed by atoms with E-state index in [-0.39, 0.29) is 35.4 Å². The molecule has 16 heteroatoms. The van der Waals surface area contributed by atoms with Crippen LogP contribution in [0, 0.1) is 5.92 Å². The monoisotopic (exact) mass is 811 g/mol. The van der Waals surface area contributed by atoms with Crippen molar-refractivity contribution in [3.8, 4) is 5.75 Å². The summed E-state index contributed by atoms with van der Waals surface area (Å²) < 4.78 is 29.3. The lowest BCUT2D eigenvalue weighted by molar-refractivity contribution is -0.162. The van der Waals surface area contributed by atoms with E-state index in [4.69, 9.17) is 35.3 Å². The number of carbonyl (C=O) groups excluding carboxylic acids is 4. The topological polar surface area (TPSA) is 156 Å². The maximum atomic E-state index is 14.2. The second kappa shape index (κ2) is 18.3. The first-order valence-electron chi connectivity index (χ1n) is 17.9. The summed E-state index contributed by atoms with van der Waals surface area (Å²) in [6.45, 7) is 9.09. The summed E-state index contributed by atoms with van der Waals surface area (Å²) in [4.78, 5) is 56.7. The van der Waals surface area contributed by atoms with E-state index < -0.39 is 65.7 Å². The van der Waals surface area contributed by atoms with E-state index in [2.05, 4.69) is 5.32 Å². The Hall–Kier alpha value is -2.95. The number of ether oxygens (including phenoxy) is 5. The minimum atomic E-state index is -1.82. The van der Waals surface area contributed by atoms with E-state index in [1.54, 1.807) is 73.8 Å². The lowest BCUT2D eigenvalue weighted by Gasteiger charge is -2.42. The number of alkyl carbamates (subject to hydrolysis) is 1. The number of hydrogen-bond acceptors (Lipinski definition) is 12. The molecule has 300 valence electrons. The fourth-order valence-electron chi connectivity index (χ4n) is 6.93. The van der Waals surface area contributed by atoms with Gasteiger partial charge in [0.15, 0.2) is 5.72 Å². The number of epoxide rings is 1. The van der Waals surface area contributed by atoms with Crippen molar-refractivity contribution in [2.45, 2.75) is 114 Å². The van der Waals surface area contributed by atoms with Crippen molar-refractivity contribution in [2.75, 3.05) is 39.5 Å². The fraction of sp³-hybridized carbons (Fsp3) is 0.632. The van der Waals surface area contributed by atoms with E-state index in [0.29, 0.717) is 24.3 Å². The van der Waals surface area contributed by atoms with Gasteiger partial charge in [0.2, 0.25) is 11.8 Å². The maximum absolute atomic E-state index is 14.2. The van der Waals surface area contributed by atoms with Crippen LogP contribution in [-0.4, -0.2) is 115 Å². The predicted octanol–water partition coefficient (Wildman–Crippen LogP) is 5.69. The molecule has 2 saturated heterocycles. The number of nitrogens with zero attached hydrogens (tertiary/aromatic N) is 2. The molecular weight excluding hydrogens is 758 g/mol. The number of allylic oxidation sites excluding steroid dienone is 3. The minimum Gasteiger partial charge on any atom is -0.495 e. The van der Waals surface area contributed by atoms with Crippen molar-refractivity contribution in [1.82, 2.24) is 10.2 Å². The van der Waals surface area contributed by atoms with Gasteiger partial charge in [0.1, 0.15) is 40.7 Å². The first-order valence-corrected chi connectivity index (χ1v) is 20.9. The molecule has 0 aliphatic carbocycles. The highest BCUT2D eigenvalue weighted by atomic mass is 35.5. The van der Waals surface area contributed by atoms with Gasteiger partial charge in [-0.3, -0.25) is 14.9 Å². The molecule has 1 aromatic rings. The maximum Gasteiger partial charge on any atom is 0.409 e. The molecule has 1 aromatic carbocycles. The molecule has 0 saturated carbocycles. The van der Waals surface area contributed by atoms with E-state index >= 15 is 0 Å². The largest absolute Gasteiger partial charge is 0.495 e. The van der Waals surface area contributed by atoms with Crippen LogP contribution in [0.1, 0.15) is 65.9 Å². The zero-order chi connectivity index (χ0) is 40.1. The third kappa shape index (κ3) is 10.1. The highest BCUT2D eigenvalue weighted by Crippen LogP contribution is 2.49. The lowest BCUT2D eigenvalue weighted by Crippen LogP contribution is -2.63. The summed E-state index contributed by atoms with van der Waals surface area (Å²) >= 11 is 6.77. The summed E-state index contributed by atoms with van der Waals surface area (Å²) in [7, 11) is 9.38. The highest BCUT2D eigenvalue weighted by molar-refractivity contribution is 8.76. The molecule has 4 rings (SSSR count). The number of likely N-dealkylation sites (N-methyl/N-ethyl adjacent to an activating group) is 1. The highest BCUT2D eigenvalue weighted by Gasteiger charge is 2.64. The molecule has 2 N–H and O–H groups in total. The summed E-state index contributed by atoms with van der Waals surface area (Å²) in [5.74, 6) is -1.48. The predicted molar refractivity (Wildman–Crippen MR) is 211 cm³/mol. The van der Waals surface area contributed by atoms with E-state index in [9.17, 15) is 24.3 Å². The van der Waals surface area contributed by atoms with Crippen molar-refractivity contribution in [3.63, 3.8) is 0 Å². The number of halogens is 1. The molecule has 9 atom stereocenters. The van der Waals surface area contributed by atoms with Crippen LogP contribution >= 0.6 is 33.2 Å². The van der Waals surface area contributed by atoms with Gasteiger partial charge in [-0.2, -0.15) is 0 Å². The number of aliphatic hydroxyl groups is 1. The molecule has 4 bridgehead atoms. The first kappa shape index (κ1) is 43.8. The second-order valence-corrected chi connectivity index (χ2v) is 17.8. The third-order valence-electron chi connectivity index (χ3n) is 10.5. The van der Waals surface area contributed by atoms with Crippen LogP contribution in [0.3, 0.4) is 0 Å². The summed E-state index contributed by atoms with van der Waals surface area (Å²) in [6, 6.07) is 2.63. The van der Waals surface area contributed by atoms with Crippen LogP contribution < -0.4 is 15.0 Å². The Labute approximate surface area is 331 Å². The molecule has 0 radical (unpaired) electrons. The number of anilines is 1. The zero-order valence-electron chi connectivity index (χ0n) is 32.7. The SMILES string of the molecule is COc1cc2cc(c1Cl)N(C)C(=O)C[C@H](OC(=O)[C@H](C)N(C)C(=O)CC[C@H](C)SSC)[C@]1(C)O[C@H]1[C@H](C)[C@@H]1C[C@@](O)(NC(=O)O1)[C@H](OC)/C=C/C=C(\C)C2. The van der Waals surface area contributed by atoms with Gasteiger partial charge in [-0.1, -0.05) is 70.8 Å².